The third-order valence-corrected chi connectivity index (χ3v) is 4.05. The van der Waals surface area contributed by atoms with Gasteiger partial charge in [0.15, 0.2) is 0 Å². The molecule has 2 unspecified atom stereocenters. The van der Waals surface area contributed by atoms with Crippen LogP contribution in [0.25, 0.3) is 5.65 Å². The van der Waals surface area contributed by atoms with Crippen molar-refractivity contribution in [3.05, 3.63) is 34.4 Å². The van der Waals surface area contributed by atoms with Crippen molar-refractivity contribution in [3.63, 3.8) is 0 Å². The molecule has 2 N–H and O–H groups in total. The van der Waals surface area contributed by atoms with Crippen molar-refractivity contribution in [1.82, 2.24) is 24.8 Å². The van der Waals surface area contributed by atoms with Crippen LogP contribution in [0.2, 0.25) is 0 Å². The smallest absolute Gasteiger partial charge is 0.453 e. The molecule has 154 valence electrons. The van der Waals surface area contributed by atoms with Gasteiger partial charge in [-0.05, 0) is 0 Å². The number of alkyl halides is 6. The Hall–Kier alpha value is -2.61. The molecule has 1 aliphatic rings. The van der Waals surface area contributed by atoms with Crippen LogP contribution in [0.15, 0.2) is 23.1 Å². The van der Waals surface area contributed by atoms with Crippen molar-refractivity contribution in [2.24, 2.45) is 0 Å². The number of ether oxygens (including phenoxy) is 1. The molecule has 2 aromatic heterocycles. The summed E-state index contributed by atoms with van der Waals surface area (Å²) in [7, 11) is 0. The molecule has 14 heteroatoms. The van der Waals surface area contributed by atoms with Crippen molar-refractivity contribution >= 4 is 11.6 Å². The fraction of sp³-hybridized carbons (Fsp3) is 0.500. The normalized spacial score (nSPS) is 21.1. The maximum absolute atomic E-state index is 13.5. The quantitative estimate of drug-likeness (QED) is 0.570. The Morgan fingerprint density at radius 1 is 1.21 bits per heavy atom. The van der Waals surface area contributed by atoms with E-state index in [4.69, 9.17) is 0 Å². The molecule has 1 aliphatic heterocycles. The third-order valence-electron chi connectivity index (χ3n) is 4.05. The van der Waals surface area contributed by atoms with Gasteiger partial charge in [-0.1, -0.05) is 0 Å². The number of hydrogen-bond donors (Lipinski definition) is 2. The lowest BCUT2D eigenvalue weighted by atomic mass is 10.1. The molecule has 2 aromatic rings. The molecule has 28 heavy (non-hydrogen) atoms. The van der Waals surface area contributed by atoms with Gasteiger partial charge in [0, 0.05) is 25.2 Å². The van der Waals surface area contributed by atoms with Crippen LogP contribution in [0.3, 0.4) is 0 Å². The van der Waals surface area contributed by atoms with Crippen LogP contribution < -0.4 is 16.2 Å². The molecule has 1 saturated heterocycles. The van der Waals surface area contributed by atoms with Gasteiger partial charge >= 0.3 is 18.3 Å². The van der Waals surface area contributed by atoms with Crippen LogP contribution in [0.5, 0.6) is 0 Å². The number of rotatable bonds is 3. The second kappa shape index (κ2) is 7.09. The van der Waals surface area contributed by atoms with Crippen molar-refractivity contribution in [2.75, 3.05) is 13.1 Å². The van der Waals surface area contributed by atoms with E-state index >= 15 is 0 Å². The fourth-order valence-electron chi connectivity index (χ4n) is 2.93. The summed E-state index contributed by atoms with van der Waals surface area (Å²) in [5.41, 5.74) is -1.27. The number of carbonyl (C=O) groups is 1. The summed E-state index contributed by atoms with van der Waals surface area (Å²) in [6.45, 7) is -0.946. The molecule has 0 saturated carbocycles. The number of fused-ring (bicyclic) bond motifs is 1. The molecule has 3 rings (SSSR count). The van der Waals surface area contributed by atoms with Crippen LogP contribution in [-0.4, -0.2) is 51.6 Å². The maximum atomic E-state index is 13.5. The molecule has 8 nitrogen and oxygen atoms in total. The van der Waals surface area contributed by atoms with Gasteiger partial charge in [0.2, 0.25) is 0 Å². The number of hydrogen-bond acceptors (Lipinski definition) is 6. The van der Waals surface area contributed by atoms with Crippen LogP contribution in [0.4, 0.5) is 26.3 Å². The minimum absolute atomic E-state index is 0.00514. The lowest BCUT2D eigenvalue weighted by Crippen LogP contribution is -2.59. The summed E-state index contributed by atoms with van der Waals surface area (Å²) >= 11 is 0. The Kier molecular flexibility index (Phi) is 5.10. The van der Waals surface area contributed by atoms with Crippen molar-refractivity contribution in [2.45, 2.75) is 31.2 Å². The number of aromatic nitrogens is 3. The van der Waals surface area contributed by atoms with Gasteiger partial charge in [0.05, 0.1) is 11.9 Å². The Balaban J connectivity index is 2.09. The van der Waals surface area contributed by atoms with E-state index in [1.807, 2.05) is 0 Å². The Morgan fingerprint density at radius 3 is 2.54 bits per heavy atom. The van der Waals surface area contributed by atoms with Gasteiger partial charge in [-0.25, -0.2) is 4.79 Å². The van der Waals surface area contributed by atoms with Crippen molar-refractivity contribution in [3.8, 4) is 0 Å². The van der Waals surface area contributed by atoms with E-state index in [1.165, 1.54) is 6.07 Å². The predicted octanol–water partition coefficient (Wildman–Crippen LogP) is 0.724. The Morgan fingerprint density at radius 2 is 1.89 bits per heavy atom. The van der Waals surface area contributed by atoms with Crippen molar-refractivity contribution in [1.29, 1.82) is 0 Å². The Bertz CT molecular complexity index is 934. The average Bonchev–Trinajstić information content (AvgIpc) is 3.08. The molecule has 0 amide bonds. The standard InChI is InChI=1S/C14H13F6N5O3/c15-13(16,17)10-11(22-4-3-21-10)24-7(6-28-12(27)14(18,19)20)5-9(26)25-8(24)1-2-23-25/h1-2,5,10-11,21-22H,3-4,6H2. The van der Waals surface area contributed by atoms with Gasteiger partial charge in [-0.2, -0.15) is 36.0 Å². The fourth-order valence-corrected chi connectivity index (χ4v) is 2.93. The molecule has 0 radical (unpaired) electrons. The summed E-state index contributed by atoms with van der Waals surface area (Å²) in [5, 5.41) is 8.62. The summed E-state index contributed by atoms with van der Waals surface area (Å²) in [6, 6.07) is -0.118. The molecule has 0 aliphatic carbocycles. The van der Waals surface area contributed by atoms with E-state index < -0.39 is 42.7 Å². The van der Waals surface area contributed by atoms with Crippen LogP contribution in [-0.2, 0) is 16.1 Å². The van der Waals surface area contributed by atoms with E-state index in [1.54, 1.807) is 0 Å². The van der Waals surface area contributed by atoms with Gasteiger partial charge in [-0.15, -0.1) is 0 Å². The van der Waals surface area contributed by atoms with Crippen molar-refractivity contribution < 1.29 is 35.9 Å². The molecule has 2 atom stereocenters. The highest BCUT2D eigenvalue weighted by atomic mass is 19.4. The zero-order valence-electron chi connectivity index (χ0n) is 13.8. The number of esters is 1. The first kappa shape index (κ1) is 20.1. The van der Waals surface area contributed by atoms with Crippen LogP contribution in [0, 0.1) is 0 Å². The second-order valence-corrected chi connectivity index (χ2v) is 5.89. The van der Waals surface area contributed by atoms with E-state index in [2.05, 4.69) is 20.5 Å². The molecule has 0 aromatic carbocycles. The predicted molar refractivity (Wildman–Crippen MR) is 80.2 cm³/mol. The number of nitrogens with zero attached hydrogens (tertiary/aromatic N) is 3. The third kappa shape index (κ3) is 3.82. The number of piperazine rings is 1. The second-order valence-electron chi connectivity index (χ2n) is 5.89. The highest BCUT2D eigenvalue weighted by Crippen LogP contribution is 2.30. The highest BCUT2D eigenvalue weighted by molar-refractivity contribution is 5.75. The van der Waals surface area contributed by atoms with Crippen LogP contribution in [0.1, 0.15) is 11.9 Å². The summed E-state index contributed by atoms with van der Waals surface area (Å²) < 4.78 is 83.4. The number of carbonyl (C=O) groups excluding carboxylic acids is 1. The summed E-state index contributed by atoms with van der Waals surface area (Å²) in [5.74, 6) is -2.53. The zero-order valence-corrected chi connectivity index (χ0v) is 13.8. The lowest BCUT2D eigenvalue weighted by molar-refractivity contribution is -0.201. The monoisotopic (exact) mass is 413 g/mol. The minimum Gasteiger partial charge on any atom is -0.453 e. The van der Waals surface area contributed by atoms with E-state index in [0.717, 1.165) is 21.3 Å². The zero-order chi connectivity index (χ0) is 20.7. The number of halogens is 6. The Labute approximate surface area is 152 Å². The van der Waals surface area contributed by atoms with Gasteiger partial charge in [-0.3, -0.25) is 10.1 Å². The first-order valence-electron chi connectivity index (χ1n) is 7.86. The molecular formula is C14H13F6N5O3. The SMILES string of the molecule is O=C(OCc1cc(=O)n2nccc2n1C1NCCNC1C(F)(F)F)C(F)(F)F. The largest absolute Gasteiger partial charge is 0.490 e. The molecule has 0 spiro atoms. The van der Waals surface area contributed by atoms with E-state index in [9.17, 15) is 35.9 Å². The molecule has 3 heterocycles. The first-order valence-corrected chi connectivity index (χ1v) is 7.86. The van der Waals surface area contributed by atoms with E-state index in [-0.39, 0.29) is 24.4 Å². The van der Waals surface area contributed by atoms with E-state index in [0.29, 0.717) is 0 Å². The molecular weight excluding hydrogens is 400 g/mol. The van der Waals surface area contributed by atoms with Gasteiger partial charge in [0.1, 0.15) is 24.5 Å². The number of nitrogens with one attached hydrogen (secondary N) is 2. The summed E-state index contributed by atoms with van der Waals surface area (Å²) in [4.78, 5) is 23.1. The minimum atomic E-state index is -5.29. The summed E-state index contributed by atoms with van der Waals surface area (Å²) in [6.07, 6.45) is -10.4. The molecule has 1 fully saturated rings. The van der Waals surface area contributed by atoms with Gasteiger partial charge in [0.25, 0.3) is 5.56 Å². The lowest BCUT2D eigenvalue weighted by Gasteiger charge is -2.37. The van der Waals surface area contributed by atoms with Gasteiger partial charge < -0.3 is 14.6 Å². The molecule has 0 bridgehead atoms. The topological polar surface area (TPSA) is 89.7 Å². The maximum Gasteiger partial charge on any atom is 0.490 e. The highest BCUT2D eigenvalue weighted by Gasteiger charge is 2.47. The average molecular weight is 413 g/mol. The first-order chi connectivity index (χ1) is 13.0. The van der Waals surface area contributed by atoms with Crippen LogP contribution >= 0.6 is 0 Å².